The second kappa shape index (κ2) is 10.1. The first-order valence-electron chi connectivity index (χ1n) is 13.7. The largest absolute Gasteiger partial charge is 0.505 e. The first kappa shape index (κ1) is 27.1. The molecule has 10 heteroatoms. The van der Waals surface area contributed by atoms with Crippen molar-refractivity contribution in [1.29, 1.82) is 0 Å². The molecule has 0 spiro atoms. The highest BCUT2D eigenvalue weighted by Gasteiger charge is 2.27. The van der Waals surface area contributed by atoms with Crippen LogP contribution in [0.1, 0.15) is 26.5 Å². The molecule has 41 heavy (non-hydrogen) atoms. The van der Waals surface area contributed by atoms with Gasteiger partial charge in [0.15, 0.2) is 0 Å². The number of aromatic hydroxyl groups is 1. The maximum atomic E-state index is 12.5. The molecule has 6 rings (SSSR count). The Kier molecular flexibility index (Phi) is 6.66. The number of aryl methyl sites for hydroxylation is 2. The van der Waals surface area contributed by atoms with Crippen LogP contribution in [0.3, 0.4) is 0 Å². The topological polar surface area (TPSA) is 83.8 Å². The minimum Gasteiger partial charge on any atom is -0.505 e. The van der Waals surface area contributed by atoms with E-state index in [1.807, 2.05) is 31.3 Å². The standard InChI is InChI=1S/C31H34ClN7O2/c1-20-16-23(21-6-7-25(24(32)17-21)38-15-10-35(5)30(38)41)29(40)28(34-20)22-18-26-33-8-9-39(26)27(19-22)36-11-13-37(14-12-36)31(2,3)4/h6-10,15-19,40H,11-14H2,1-5H3. The Hall–Kier alpha value is -4.08. The molecule has 5 heterocycles. The summed E-state index contributed by atoms with van der Waals surface area (Å²) in [6, 6.07) is 11.3. The average molecular weight is 572 g/mol. The zero-order valence-corrected chi connectivity index (χ0v) is 24.7. The van der Waals surface area contributed by atoms with Crippen molar-refractivity contribution < 1.29 is 5.11 Å². The molecule has 0 bridgehead atoms. The second-order valence-electron chi connectivity index (χ2n) is 11.6. The number of hydrogen-bond acceptors (Lipinski definition) is 6. The Labute approximate surface area is 243 Å². The van der Waals surface area contributed by atoms with Crippen molar-refractivity contribution in [2.75, 3.05) is 31.1 Å². The Morgan fingerprint density at radius 1 is 0.951 bits per heavy atom. The highest BCUT2D eigenvalue weighted by atomic mass is 35.5. The lowest BCUT2D eigenvalue weighted by Gasteiger charge is -2.43. The number of nitrogens with zero attached hydrogens (tertiary/aromatic N) is 7. The normalized spacial score (nSPS) is 14.7. The summed E-state index contributed by atoms with van der Waals surface area (Å²) in [5, 5.41) is 12.0. The summed E-state index contributed by atoms with van der Waals surface area (Å²) in [4.78, 5) is 26.7. The van der Waals surface area contributed by atoms with E-state index in [-0.39, 0.29) is 17.0 Å². The van der Waals surface area contributed by atoms with Gasteiger partial charge >= 0.3 is 5.69 Å². The lowest BCUT2D eigenvalue weighted by molar-refractivity contribution is 0.128. The lowest BCUT2D eigenvalue weighted by Crippen LogP contribution is -2.53. The van der Waals surface area contributed by atoms with E-state index in [1.165, 1.54) is 9.13 Å². The summed E-state index contributed by atoms with van der Waals surface area (Å²) in [6.45, 7) is 12.4. The molecule has 1 saturated heterocycles. The van der Waals surface area contributed by atoms with E-state index in [2.05, 4.69) is 46.0 Å². The molecule has 0 saturated carbocycles. The van der Waals surface area contributed by atoms with Gasteiger partial charge < -0.3 is 14.6 Å². The number of imidazole rings is 2. The Balaban J connectivity index is 1.40. The Morgan fingerprint density at radius 3 is 2.37 bits per heavy atom. The maximum Gasteiger partial charge on any atom is 0.332 e. The number of fused-ring (bicyclic) bond motifs is 1. The molecule has 4 aromatic heterocycles. The van der Waals surface area contributed by atoms with Crippen LogP contribution < -0.4 is 10.6 Å². The van der Waals surface area contributed by atoms with Gasteiger partial charge in [0.05, 0.1) is 10.7 Å². The summed E-state index contributed by atoms with van der Waals surface area (Å²) in [5.41, 5.74) is 4.69. The fourth-order valence-electron chi connectivity index (χ4n) is 5.60. The number of aromatic nitrogens is 5. The number of rotatable bonds is 4. The van der Waals surface area contributed by atoms with Crippen molar-refractivity contribution in [3.8, 4) is 33.8 Å². The molecule has 212 valence electrons. The first-order chi connectivity index (χ1) is 19.5. The Bertz CT molecular complexity index is 1820. The predicted octanol–water partition coefficient (Wildman–Crippen LogP) is 5.14. The van der Waals surface area contributed by atoms with Crippen molar-refractivity contribution in [2.24, 2.45) is 7.05 Å². The Morgan fingerprint density at radius 2 is 1.71 bits per heavy atom. The monoisotopic (exact) mass is 571 g/mol. The van der Waals surface area contributed by atoms with Crippen LogP contribution in [0.25, 0.3) is 33.7 Å². The molecule has 0 amide bonds. The quantitative estimate of drug-likeness (QED) is 0.322. The number of anilines is 1. The zero-order valence-electron chi connectivity index (χ0n) is 24.0. The SMILES string of the molecule is Cc1cc(-c2ccc(-n3ccn(C)c3=O)c(Cl)c2)c(O)c(-c2cc(N3CCN(C(C)(C)C)CC3)n3ccnc3c2)n1. The van der Waals surface area contributed by atoms with Crippen LogP contribution in [-0.4, -0.2) is 65.2 Å². The van der Waals surface area contributed by atoms with Crippen molar-refractivity contribution >= 4 is 23.1 Å². The van der Waals surface area contributed by atoms with Gasteiger partial charge in [0.1, 0.15) is 22.9 Å². The minimum atomic E-state index is -0.186. The van der Waals surface area contributed by atoms with Crippen LogP contribution in [0.5, 0.6) is 5.75 Å². The van der Waals surface area contributed by atoms with Crippen LogP contribution >= 0.6 is 11.6 Å². The number of hydrogen-bond donors (Lipinski definition) is 1. The van der Waals surface area contributed by atoms with Gasteiger partial charge in [-0.1, -0.05) is 17.7 Å². The van der Waals surface area contributed by atoms with E-state index < -0.39 is 0 Å². The highest BCUT2D eigenvalue weighted by molar-refractivity contribution is 6.32. The molecule has 5 aromatic rings. The van der Waals surface area contributed by atoms with Crippen molar-refractivity contribution in [1.82, 2.24) is 28.4 Å². The summed E-state index contributed by atoms with van der Waals surface area (Å²) in [6.07, 6.45) is 7.14. The van der Waals surface area contributed by atoms with Gasteiger partial charge in [0, 0.05) is 80.4 Å². The summed E-state index contributed by atoms with van der Waals surface area (Å²) < 4.78 is 5.08. The molecule has 1 aromatic carbocycles. The maximum absolute atomic E-state index is 12.5. The third kappa shape index (κ3) is 4.89. The van der Waals surface area contributed by atoms with E-state index >= 15 is 0 Å². The van der Waals surface area contributed by atoms with Crippen LogP contribution in [0.2, 0.25) is 5.02 Å². The average Bonchev–Trinajstić information content (AvgIpc) is 3.55. The number of halogens is 1. The molecule has 9 nitrogen and oxygen atoms in total. The molecule has 0 atom stereocenters. The second-order valence-corrected chi connectivity index (χ2v) is 12.0. The van der Waals surface area contributed by atoms with Crippen LogP contribution in [0.15, 0.2) is 66.0 Å². The van der Waals surface area contributed by atoms with Gasteiger partial charge in [-0.25, -0.2) is 14.8 Å². The van der Waals surface area contributed by atoms with Gasteiger partial charge in [0.25, 0.3) is 0 Å². The minimum absolute atomic E-state index is 0.0655. The fraction of sp³-hybridized carbons (Fsp3) is 0.323. The van der Waals surface area contributed by atoms with Crippen LogP contribution in [0.4, 0.5) is 5.82 Å². The van der Waals surface area contributed by atoms with Gasteiger partial charge in [-0.05, 0) is 63.6 Å². The molecule has 1 aliphatic heterocycles. The van der Waals surface area contributed by atoms with Crippen molar-refractivity contribution in [3.05, 3.63) is 82.4 Å². The molecular formula is C31H34ClN7O2. The molecular weight excluding hydrogens is 538 g/mol. The van der Waals surface area contributed by atoms with E-state index in [0.29, 0.717) is 22.0 Å². The van der Waals surface area contributed by atoms with Gasteiger partial charge in [0.2, 0.25) is 0 Å². The van der Waals surface area contributed by atoms with Crippen molar-refractivity contribution in [3.63, 3.8) is 0 Å². The molecule has 0 aliphatic carbocycles. The number of benzene rings is 1. The van der Waals surface area contributed by atoms with E-state index in [1.54, 1.807) is 37.8 Å². The highest BCUT2D eigenvalue weighted by Crippen LogP contribution is 2.40. The number of piperazine rings is 1. The summed E-state index contributed by atoms with van der Waals surface area (Å²) in [7, 11) is 1.69. The van der Waals surface area contributed by atoms with E-state index in [4.69, 9.17) is 16.6 Å². The van der Waals surface area contributed by atoms with Gasteiger partial charge in [-0.2, -0.15) is 0 Å². The molecule has 1 N–H and O–H groups in total. The smallest absolute Gasteiger partial charge is 0.332 e. The lowest BCUT2D eigenvalue weighted by atomic mass is 10.0. The van der Waals surface area contributed by atoms with Crippen molar-refractivity contribution in [2.45, 2.75) is 33.2 Å². The molecule has 0 radical (unpaired) electrons. The fourth-order valence-corrected chi connectivity index (χ4v) is 5.87. The van der Waals surface area contributed by atoms with Gasteiger partial charge in [-0.3, -0.25) is 13.9 Å². The third-order valence-electron chi connectivity index (χ3n) is 7.90. The molecule has 0 unspecified atom stereocenters. The zero-order chi connectivity index (χ0) is 29.1. The molecule has 1 aliphatic rings. The predicted molar refractivity (Wildman–Crippen MR) is 163 cm³/mol. The van der Waals surface area contributed by atoms with Crippen LogP contribution in [0, 0.1) is 6.92 Å². The van der Waals surface area contributed by atoms with E-state index in [9.17, 15) is 9.90 Å². The first-order valence-corrected chi connectivity index (χ1v) is 14.1. The molecule has 1 fully saturated rings. The van der Waals surface area contributed by atoms with Crippen LogP contribution in [-0.2, 0) is 7.05 Å². The van der Waals surface area contributed by atoms with Gasteiger partial charge in [-0.15, -0.1) is 0 Å². The van der Waals surface area contributed by atoms with E-state index in [0.717, 1.165) is 54.5 Å². The number of pyridine rings is 2. The summed E-state index contributed by atoms with van der Waals surface area (Å²) >= 11 is 6.66. The summed E-state index contributed by atoms with van der Waals surface area (Å²) in [5.74, 6) is 1.09. The third-order valence-corrected chi connectivity index (χ3v) is 8.20.